The molecule has 0 amide bonds. The molecular weight excluding hydrogens is 224 g/mol. The van der Waals surface area contributed by atoms with Crippen molar-refractivity contribution in [3.05, 3.63) is 72.3 Å². The second kappa shape index (κ2) is 6.03. The summed E-state index contributed by atoms with van der Waals surface area (Å²) >= 11 is 0. The number of aliphatic hydroxyl groups excluding tert-OH is 1. The van der Waals surface area contributed by atoms with Gasteiger partial charge in [0.1, 0.15) is 12.4 Å². The molecule has 2 aromatic carbocycles. The zero-order chi connectivity index (χ0) is 12.8. The average molecular weight is 240 g/mol. The summed E-state index contributed by atoms with van der Waals surface area (Å²) in [5.41, 5.74) is 2.79. The lowest BCUT2D eigenvalue weighted by Crippen LogP contribution is -1.95. The van der Waals surface area contributed by atoms with E-state index in [0.717, 1.165) is 16.9 Å². The molecule has 2 heteroatoms. The molecule has 0 spiro atoms. The number of hydrogen-bond donors (Lipinski definition) is 1. The lowest BCUT2D eigenvalue weighted by Gasteiger charge is -2.07. The summed E-state index contributed by atoms with van der Waals surface area (Å²) in [4.78, 5) is 0. The quantitative estimate of drug-likeness (QED) is 0.869. The minimum atomic E-state index is -0.0236. The normalized spacial score (nSPS) is 10.1. The second-order valence-electron chi connectivity index (χ2n) is 4.06. The summed E-state index contributed by atoms with van der Waals surface area (Å²) in [6.45, 7) is 4.31. The number of benzene rings is 2. The van der Waals surface area contributed by atoms with Gasteiger partial charge < -0.3 is 9.84 Å². The van der Waals surface area contributed by atoms with Crippen molar-refractivity contribution in [1.82, 2.24) is 0 Å². The average Bonchev–Trinajstić information content (AvgIpc) is 2.46. The van der Waals surface area contributed by atoms with Gasteiger partial charge in [-0.2, -0.15) is 0 Å². The van der Waals surface area contributed by atoms with Crippen molar-refractivity contribution < 1.29 is 9.84 Å². The van der Waals surface area contributed by atoms with Crippen LogP contribution in [0.15, 0.2) is 61.2 Å². The topological polar surface area (TPSA) is 29.5 Å². The Morgan fingerprint density at radius 3 is 2.28 bits per heavy atom. The molecule has 1 N–H and O–H groups in total. The molecule has 0 aromatic heterocycles. The summed E-state index contributed by atoms with van der Waals surface area (Å²) in [6.07, 6.45) is 0. The van der Waals surface area contributed by atoms with Crippen molar-refractivity contribution in [1.29, 1.82) is 0 Å². The molecule has 0 atom stereocenters. The van der Waals surface area contributed by atoms with Crippen LogP contribution in [0, 0.1) is 0 Å². The Morgan fingerprint density at radius 2 is 1.67 bits per heavy atom. The number of rotatable bonds is 5. The molecule has 0 aliphatic rings. The first-order valence-electron chi connectivity index (χ1n) is 5.85. The van der Waals surface area contributed by atoms with E-state index >= 15 is 0 Å². The van der Waals surface area contributed by atoms with E-state index in [9.17, 15) is 0 Å². The van der Waals surface area contributed by atoms with Gasteiger partial charge >= 0.3 is 0 Å². The highest BCUT2D eigenvalue weighted by molar-refractivity contribution is 5.64. The van der Waals surface area contributed by atoms with Gasteiger partial charge in [0.05, 0.1) is 6.61 Å². The number of aliphatic hydroxyl groups is 1. The second-order valence-corrected chi connectivity index (χ2v) is 4.06. The molecule has 0 saturated heterocycles. The first kappa shape index (κ1) is 12.4. The SMILES string of the molecule is C=C(CO)c1ccc(OCc2ccccc2)cc1. The molecule has 18 heavy (non-hydrogen) atoms. The third kappa shape index (κ3) is 3.22. The summed E-state index contributed by atoms with van der Waals surface area (Å²) in [7, 11) is 0. The van der Waals surface area contributed by atoms with Crippen molar-refractivity contribution in [3.8, 4) is 5.75 Å². The van der Waals surface area contributed by atoms with E-state index in [1.807, 2.05) is 54.6 Å². The van der Waals surface area contributed by atoms with Crippen molar-refractivity contribution >= 4 is 5.57 Å². The van der Waals surface area contributed by atoms with E-state index in [2.05, 4.69) is 6.58 Å². The van der Waals surface area contributed by atoms with Crippen molar-refractivity contribution in [3.63, 3.8) is 0 Å². The Balaban J connectivity index is 1.97. The Morgan fingerprint density at radius 1 is 1.00 bits per heavy atom. The standard InChI is InChI=1S/C16H16O2/c1-13(11-17)15-7-9-16(10-8-15)18-12-14-5-3-2-4-6-14/h2-10,17H,1,11-12H2. The Bertz CT molecular complexity index is 500. The maximum absolute atomic E-state index is 8.98. The van der Waals surface area contributed by atoms with E-state index in [0.29, 0.717) is 12.2 Å². The highest BCUT2D eigenvalue weighted by Crippen LogP contribution is 2.18. The summed E-state index contributed by atoms with van der Waals surface area (Å²) in [5.74, 6) is 0.813. The van der Waals surface area contributed by atoms with Gasteiger partial charge in [-0.1, -0.05) is 49.0 Å². The zero-order valence-corrected chi connectivity index (χ0v) is 10.2. The maximum atomic E-state index is 8.98. The van der Waals surface area contributed by atoms with Crippen LogP contribution in [0.25, 0.3) is 5.57 Å². The fourth-order valence-electron chi connectivity index (χ4n) is 1.62. The van der Waals surface area contributed by atoms with Gasteiger partial charge in [-0.15, -0.1) is 0 Å². The highest BCUT2D eigenvalue weighted by Gasteiger charge is 1.99. The minimum Gasteiger partial charge on any atom is -0.489 e. The molecule has 0 bridgehead atoms. The van der Waals surface area contributed by atoms with Crippen LogP contribution in [0.4, 0.5) is 0 Å². The largest absolute Gasteiger partial charge is 0.489 e. The summed E-state index contributed by atoms with van der Waals surface area (Å²) in [5, 5.41) is 8.98. The highest BCUT2D eigenvalue weighted by atomic mass is 16.5. The van der Waals surface area contributed by atoms with Crippen LogP contribution in [0.3, 0.4) is 0 Å². The van der Waals surface area contributed by atoms with Gasteiger partial charge in [-0.3, -0.25) is 0 Å². The summed E-state index contributed by atoms with van der Waals surface area (Å²) in [6, 6.07) is 17.6. The molecule has 2 aromatic rings. The lowest BCUT2D eigenvalue weighted by atomic mass is 10.1. The van der Waals surface area contributed by atoms with Crippen molar-refractivity contribution in [2.75, 3.05) is 6.61 Å². The van der Waals surface area contributed by atoms with Gasteiger partial charge in [0.2, 0.25) is 0 Å². The molecule has 0 aliphatic heterocycles. The van der Waals surface area contributed by atoms with Crippen LogP contribution in [0.5, 0.6) is 5.75 Å². The van der Waals surface area contributed by atoms with Crippen LogP contribution >= 0.6 is 0 Å². The first-order chi connectivity index (χ1) is 8.79. The van der Waals surface area contributed by atoms with Crippen LogP contribution in [0.1, 0.15) is 11.1 Å². The van der Waals surface area contributed by atoms with Gasteiger partial charge in [-0.25, -0.2) is 0 Å². The minimum absolute atomic E-state index is 0.0236. The molecular formula is C16H16O2. The van der Waals surface area contributed by atoms with Crippen LogP contribution < -0.4 is 4.74 Å². The molecule has 0 aliphatic carbocycles. The van der Waals surface area contributed by atoms with Crippen LogP contribution in [-0.2, 0) is 6.61 Å². The van der Waals surface area contributed by atoms with E-state index in [1.54, 1.807) is 0 Å². The van der Waals surface area contributed by atoms with Gasteiger partial charge in [0.15, 0.2) is 0 Å². The molecule has 0 radical (unpaired) electrons. The van der Waals surface area contributed by atoms with E-state index in [1.165, 1.54) is 0 Å². The third-order valence-corrected chi connectivity index (χ3v) is 2.70. The Labute approximate surface area is 107 Å². The molecule has 0 heterocycles. The zero-order valence-electron chi connectivity index (χ0n) is 10.2. The number of ether oxygens (including phenoxy) is 1. The van der Waals surface area contributed by atoms with Crippen LogP contribution in [0.2, 0.25) is 0 Å². The van der Waals surface area contributed by atoms with Crippen molar-refractivity contribution in [2.45, 2.75) is 6.61 Å². The lowest BCUT2D eigenvalue weighted by molar-refractivity contribution is 0.306. The first-order valence-corrected chi connectivity index (χ1v) is 5.85. The number of hydrogen-bond acceptors (Lipinski definition) is 2. The monoisotopic (exact) mass is 240 g/mol. The molecule has 0 unspecified atom stereocenters. The van der Waals surface area contributed by atoms with Gasteiger partial charge in [0.25, 0.3) is 0 Å². The maximum Gasteiger partial charge on any atom is 0.119 e. The summed E-state index contributed by atoms with van der Waals surface area (Å²) < 4.78 is 5.67. The predicted molar refractivity (Wildman–Crippen MR) is 73.3 cm³/mol. The van der Waals surface area contributed by atoms with Gasteiger partial charge in [-0.05, 0) is 28.8 Å². The van der Waals surface area contributed by atoms with E-state index in [-0.39, 0.29) is 6.61 Å². The smallest absolute Gasteiger partial charge is 0.119 e. The van der Waals surface area contributed by atoms with Gasteiger partial charge in [0, 0.05) is 0 Å². The Hall–Kier alpha value is -2.06. The third-order valence-electron chi connectivity index (χ3n) is 2.70. The molecule has 92 valence electrons. The van der Waals surface area contributed by atoms with E-state index < -0.39 is 0 Å². The molecule has 0 saturated carbocycles. The Kier molecular flexibility index (Phi) is 4.15. The fourth-order valence-corrected chi connectivity index (χ4v) is 1.62. The predicted octanol–water partition coefficient (Wildman–Crippen LogP) is 3.27. The van der Waals surface area contributed by atoms with Crippen LogP contribution in [-0.4, -0.2) is 11.7 Å². The van der Waals surface area contributed by atoms with E-state index in [4.69, 9.17) is 9.84 Å². The molecule has 2 nitrogen and oxygen atoms in total. The van der Waals surface area contributed by atoms with Crippen molar-refractivity contribution in [2.24, 2.45) is 0 Å². The molecule has 0 fully saturated rings. The fraction of sp³-hybridized carbons (Fsp3) is 0.125. The molecule has 2 rings (SSSR count).